The molecule has 0 fully saturated rings. The predicted molar refractivity (Wildman–Crippen MR) is 121 cm³/mol. The van der Waals surface area contributed by atoms with Crippen LogP contribution in [0.5, 0.6) is 5.75 Å². The number of thioether (sulfide) groups is 1. The van der Waals surface area contributed by atoms with Gasteiger partial charge in [0.25, 0.3) is 0 Å². The summed E-state index contributed by atoms with van der Waals surface area (Å²) in [4.78, 5) is 14.6. The highest BCUT2D eigenvalue weighted by Crippen LogP contribution is 2.28. The van der Waals surface area contributed by atoms with Crippen LogP contribution in [0.15, 0.2) is 59.8 Å². The van der Waals surface area contributed by atoms with Crippen LogP contribution in [0.2, 0.25) is 0 Å². The second kappa shape index (κ2) is 10.4. The summed E-state index contributed by atoms with van der Waals surface area (Å²) in [6.45, 7) is 8.49. The van der Waals surface area contributed by atoms with Crippen molar-refractivity contribution in [1.29, 1.82) is 0 Å². The summed E-state index contributed by atoms with van der Waals surface area (Å²) in [5.74, 6) is 1.16. The third kappa shape index (κ3) is 5.64. The number of anilines is 1. The molecule has 0 saturated carbocycles. The molecule has 0 aliphatic carbocycles. The minimum Gasteiger partial charge on any atom is -0.483 e. The van der Waals surface area contributed by atoms with Crippen molar-refractivity contribution in [2.24, 2.45) is 0 Å². The number of hydrogen-bond donors (Lipinski definition) is 0. The maximum Gasteiger partial charge on any atom is 0.237 e. The van der Waals surface area contributed by atoms with Gasteiger partial charge in [0, 0.05) is 18.3 Å². The Hall–Kier alpha value is -2.87. The molecule has 6 nitrogen and oxygen atoms in total. The molecule has 1 heterocycles. The summed E-state index contributed by atoms with van der Waals surface area (Å²) in [5.41, 5.74) is 0.878. The number of nitrogens with zero attached hydrogens (tertiary/aromatic N) is 4. The third-order valence-electron chi connectivity index (χ3n) is 4.71. The Balaban J connectivity index is 1.72. The van der Waals surface area contributed by atoms with Crippen molar-refractivity contribution >= 4 is 23.4 Å². The molecule has 31 heavy (non-hydrogen) atoms. The highest BCUT2D eigenvalue weighted by Gasteiger charge is 2.23. The van der Waals surface area contributed by atoms with Crippen LogP contribution in [-0.4, -0.2) is 33.0 Å². The van der Waals surface area contributed by atoms with Gasteiger partial charge >= 0.3 is 0 Å². The average molecular weight is 443 g/mol. The Morgan fingerprint density at radius 2 is 1.77 bits per heavy atom. The van der Waals surface area contributed by atoms with Gasteiger partial charge in [0.2, 0.25) is 5.91 Å². The molecular weight excluding hydrogens is 415 g/mol. The molecule has 0 radical (unpaired) electrons. The number of hydrogen-bond acceptors (Lipinski definition) is 5. The molecule has 0 saturated heterocycles. The van der Waals surface area contributed by atoms with E-state index in [0.717, 1.165) is 5.69 Å². The Labute approximate surface area is 186 Å². The normalized spacial score (nSPS) is 12.1. The fourth-order valence-corrected chi connectivity index (χ4v) is 4.18. The van der Waals surface area contributed by atoms with E-state index in [4.69, 9.17) is 4.74 Å². The van der Waals surface area contributed by atoms with Gasteiger partial charge in [-0.1, -0.05) is 30.0 Å². The molecule has 3 rings (SSSR count). The lowest BCUT2D eigenvalue weighted by Crippen LogP contribution is -2.32. The Bertz CT molecular complexity index is 993. The van der Waals surface area contributed by atoms with Gasteiger partial charge in [-0.25, -0.2) is 4.39 Å². The van der Waals surface area contributed by atoms with Crippen LogP contribution >= 0.6 is 11.8 Å². The number of ether oxygens (including phenoxy) is 1. The van der Waals surface area contributed by atoms with E-state index in [1.165, 1.54) is 23.9 Å². The first-order chi connectivity index (χ1) is 14.9. The Morgan fingerprint density at radius 3 is 2.39 bits per heavy atom. The molecule has 164 valence electrons. The predicted octanol–water partition coefficient (Wildman–Crippen LogP) is 5.28. The Kier molecular flexibility index (Phi) is 7.68. The van der Waals surface area contributed by atoms with E-state index in [0.29, 0.717) is 23.3 Å². The van der Waals surface area contributed by atoms with Crippen molar-refractivity contribution < 1.29 is 13.9 Å². The monoisotopic (exact) mass is 442 g/mol. The Morgan fingerprint density at radius 1 is 1.10 bits per heavy atom. The number of para-hydroxylation sites is 1. The first-order valence-electron chi connectivity index (χ1n) is 10.3. The van der Waals surface area contributed by atoms with Gasteiger partial charge in [0.05, 0.1) is 5.75 Å². The largest absolute Gasteiger partial charge is 0.483 e. The van der Waals surface area contributed by atoms with Gasteiger partial charge in [-0.3, -0.25) is 4.79 Å². The molecule has 0 bridgehead atoms. The number of carbonyl (C=O) groups is 1. The smallest absolute Gasteiger partial charge is 0.237 e. The van der Waals surface area contributed by atoms with E-state index in [2.05, 4.69) is 10.2 Å². The second-order valence-electron chi connectivity index (χ2n) is 7.28. The standard InChI is InChI=1S/C23H27FN4O2S/c1-5-27(19-9-7-6-8-10-19)21(29)15-31-23-26-25-22(28(23)16(2)3)17(4)30-20-13-11-18(24)12-14-20/h6-14,16-17H,5,15H2,1-4H3. The zero-order chi connectivity index (χ0) is 22.4. The molecule has 1 aromatic heterocycles. The first-order valence-corrected chi connectivity index (χ1v) is 11.2. The number of rotatable bonds is 9. The lowest BCUT2D eigenvalue weighted by molar-refractivity contribution is -0.116. The van der Waals surface area contributed by atoms with Crippen LogP contribution in [0.4, 0.5) is 10.1 Å². The maximum absolute atomic E-state index is 13.1. The van der Waals surface area contributed by atoms with E-state index in [9.17, 15) is 9.18 Å². The molecular formula is C23H27FN4O2S. The minimum absolute atomic E-state index is 0.00849. The summed E-state index contributed by atoms with van der Waals surface area (Å²) in [7, 11) is 0. The van der Waals surface area contributed by atoms with E-state index in [1.54, 1.807) is 17.0 Å². The van der Waals surface area contributed by atoms with Crippen molar-refractivity contribution in [3.05, 3.63) is 66.2 Å². The fraction of sp³-hybridized carbons (Fsp3) is 0.348. The zero-order valence-electron chi connectivity index (χ0n) is 18.2. The first kappa shape index (κ1) is 22.8. The fourth-order valence-electron chi connectivity index (χ4n) is 3.23. The van der Waals surface area contributed by atoms with E-state index in [1.807, 2.05) is 62.6 Å². The van der Waals surface area contributed by atoms with Crippen LogP contribution in [-0.2, 0) is 4.79 Å². The molecule has 0 aliphatic heterocycles. The number of aromatic nitrogens is 3. The number of carbonyl (C=O) groups excluding carboxylic acids is 1. The summed E-state index contributed by atoms with van der Waals surface area (Å²) in [5, 5.41) is 9.29. The molecule has 0 aliphatic rings. The van der Waals surface area contributed by atoms with Crippen molar-refractivity contribution in [3.8, 4) is 5.75 Å². The number of benzene rings is 2. The molecule has 1 unspecified atom stereocenters. The summed E-state index contributed by atoms with van der Waals surface area (Å²) >= 11 is 1.36. The van der Waals surface area contributed by atoms with Crippen LogP contribution in [0.3, 0.4) is 0 Å². The maximum atomic E-state index is 13.1. The van der Waals surface area contributed by atoms with Gasteiger partial charge < -0.3 is 14.2 Å². The molecule has 0 spiro atoms. The topological polar surface area (TPSA) is 60.3 Å². The van der Waals surface area contributed by atoms with Crippen molar-refractivity contribution in [2.45, 2.75) is 45.0 Å². The van der Waals surface area contributed by atoms with Gasteiger partial charge in [-0.05, 0) is 64.1 Å². The highest BCUT2D eigenvalue weighted by molar-refractivity contribution is 7.99. The SMILES string of the molecule is CCN(C(=O)CSc1nnc(C(C)Oc2ccc(F)cc2)n1C(C)C)c1ccccc1. The minimum atomic E-state index is -0.387. The zero-order valence-corrected chi connectivity index (χ0v) is 19.0. The summed E-state index contributed by atoms with van der Waals surface area (Å²) in [6, 6.07) is 15.6. The molecule has 2 aromatic carbocycles. The van der Waals surface area contributed by atoms with E-state index >= 15 is 0 Å². The summed E-state index contributed by atoms with van der Waals surface area (Å²) < 4.78 is 21.0. The lowest BCUT2D eigenvalue weighted by Gasteiger charge is -2.21. The van der Waals surface area contributed by atoms with Gasteiger partial charge in [0.15, 0.2) is 17.1 Å². The molecule has 1 amide bonds. The van der Waals surface area contributed by atoms with Crippen molar-refractivity contribution in [1.82, 2.24) is 14.8 Å². The van der Waals surface area contributed by atoms with Crippen LogP contribution < -0.4 is 9.64 Å². The molecule has 8 heteroatoms. The van der Waals surface area contributed by atoms with Crippen molar-refractivity contribution in [3.63, 3.8) is 0 Å². The average Bonchev–Trinajstić information content (AvgIpc) is 3.20. The van der Waals surface area contributed by atoms with Crippen molar-refractivity contribution in [2.75, 3.05) is 17.2 Å². The van der Waals surface area contributed by atoms with Gasteiger partial charge in [0.1, 0.15) is 11.6 Å². The number of halogens is 1. The number of amides is 1. The highest BCUT2D eigenvalue weighted by atomic mass is 32.2. The van der Waals surface area contributed by atoms with Crippen LogP contribution in [0, 0.1) is 5.82 Å². The lowest BCUT2D eigenvalue weighted by atomic mass is 10.3. The van der Waals surface area contributed by atoms with E-state index in [-0.39, 0.29) is 29.6 Å². The van der Waals surface area contributed by atoms with Crippen LogP contribution in [0.25, 0.3) is 0 Å². The summed E-state index contributed by atoms with van der Waals surface area (Å²) in [6.07, 6.45) is -0.387. The quantitative estimate of drug-likeness (QED) is 0.422. The molecule has 1 atom stereocenters. The van der Waals surface area contributed by atoms with E-state index < -0.39 is 0 Å². The molecule has 0 N–H and O–H groups in total. The molecule has 3 aromatic rings. The van der Waals surface area contributed by atoms with Gasteiger partial charge in [-0.15, -0.1) is 10.2 Å². The third-order valence-corrected chi connectivity index (χ3v) is 5.64. The van der Waals surface area contributed by atoms with Gasteiger partial charge in [-0.2, -0.15) is 0 Å². The van der Waals surface area contributed by atoms with Crippen LogP contribution in [0.1, 0.15) is 45.7 Å². The second-order valence-corrected chi connectivity index (χ2v) is 8.22.